The number of hydrogen-bond acceptors (Lipinski definition) is 8. The molecule has 0 spiro atoms. The van der Waals surface area contributed by atoms with Crippen molar-refractivity contribution in [3.05, 3.63) is 11.9 Å². The van der Waals surface area contributed by atoms with Crippen molar-refractivity contribution in [2.45, 2.75) is 19.8 Å². The lowest BCUT2D eigenvalue weighted by atomic mass is 10.0. The number of hydrogen-bond donors (Lipinski definition) is 6. The molecule has 0 radical (unpaired) electrons. The Hall–Kier alpha value is -2.62. The maximum absolute atomic E-state index is 10.8. The highest BCUT2D eigenvalue weighted by molar-refractivity contribution is 6.00. The van der Waals surface area contributed by atoms with Crippen molar-refractivity contribution in [2.24, 2.45) is 21.6 Å². The molecule has 1 atom stereocenters. The minimum Gasteiger partial charge on any atom is -0.480 e. The normalized spacial score (nSPS) is 17.1. The van der Waals surface area contributed by atoms with Gasteiger partial charge in [0.15, 0.2) is 0 Å². The van der Waals surface area contributed by atoms with E-state index in [1.165, 1.54) is 0 Å². The van der Waals surface area contributed by atoms with Gasteiger partial charge in [-0.25, -0.2) is 0 Å². The predicted octanol–water partition coefficient (Wildman–Crippen LogP) is -1.09. The van der Waals surface area contributed by atoms with Gasteiger partial charge in [-0.2, -0.15) is 9.98 Å². The molecule has 0 saturated heterocycles. The van der Waals surface area contributed by atoms with Gasteiger partial charge in [0.25, 0.3) is 0 Å². The molecule has 134 valence electrons. The van der Waals surface area contributed by atoms with Crippen LogP contribution in [-0.4, -0.2) is 60.1 Å². The number of nitrogens with two attached hydrogens (primary N) is 1. The highest BCUT2D eigenvalue weighted by Crippen LogP contribution is 2.13. The van der Waals surface area contributed by atoms with Crippen LogP contribution in [-0.2, 0) is 9.59 Å². The van der Waals surface area contributed by atoms with E-state index < -0.39 is 11.9 Å². The first kappa shape index (κ1) is 19.4. The van der Waals surface area contributed by atoms with E-state index in [4.69, 9.17) is 15.9 Å². The average Bonchev–Trinajstić information content (AvgIpc) is 2.70. The monoisotopic (exact) mass is 340 g/mol. The Kier molecular flexibility index (Phi) is 8.26. The first-order chi connectivity index (χ1) is 11.5. The standard InChI is InChI=1S/C14H24N6O4/c1-2-9-6-10(17-7-11(21)22)19-14(16-5-3-4-15)20-13(9)18-8-12(23)24/h6,9,17H,2-5,7-8,15H2,1H3,(H,21,22)(H,23,24)(H2,16,18,19,20)/t9-/m0/s1. The average molecular weight is 340 g/mol. The van der Waals surface area contributed by atoms with E-state index in [0.29, 0.717) is 37.6 Å². The number of carboxylic acids is 2. The van der Waals surface area contributed by atoms with Crippen LogP contribution in [0.2, 0.25) is 0 Å². The molecule has 1 aliphatic heterocycles. The summed E-state index contributed by atoms with van der Waals surface area (Å²) >= 11 is 0. The lowest BCUT2D eigenvalue weighted by Crippen LogP contribution is -2.36. The molecule has 7 N–H and O–H groups in total. The molecule has 0 amide bonds. The summed E-state index contributed by atoms with van der Waals surface area (Å²) in [5.41, 5.74) is 5.45. The van der Waals surface area contributed by atoms with E-state index in [1.807, 2.05) is 6.92 Å². The van der Waals surface area contributed by atoms with E-state index in [9.17, 15) is 9.59 Å². The molecule has 24 heavy (non-hydrogen) atoms. The third-order valence-corrected chi connectivity index (χ3v) is 3.11. The number of aliphatic carboxylic acids is 2. The lowest BCUT2D eigenvalue weighted by Gasteiger charge is -2.14. The molecule has 0 saturated carbocycles. The Morgan fingerprint density at radius 3 is 2.42 bits per heavy atom. The highest BCUT2D eigenvalue weighted by atomic mass is 16.4. The maximum Gasteiger partial charge on any atom is 0.322 e. The van der Waals surface area contributed by atoms with Gasteiger partial charge in [0.2, 0.25) is 5.96 Å². The summed E-state index contributed by atoms with van der Waals surface area (Å²) in [5, 5.41) is 26.2. The molecule has 1 heterocycles. The number of nitrogens with zero attached hydrogens (tertiary/aromatic N) is 2. The van der Waals surface area contributed by atoms with Gasteiger partial charge < -0.3 is 31.9 Å². The van der Waals surface area contributed by atoms with Crippen molar-refractivity contribution in [2.75, 3.05) is 26.2 Å². The minimum absolute atomic E-state index is 0.210. The SMILES string of the molecule is CC[C@H]1C=C(NCC(=O)O)N=C(NCCCN)N=C1NCC(=O)O. The Balaban J connectivity index is 2.98. The second-order valence-corrected chi connectivity index (χ2v) is 5.06. The second kappa shape index (κ2) is 10.2. The minimum atomic E-state index is -1.01. The molecule has 0 aromatic carbocycles. The van der Waals surface area contributed by atoms with Gasteiger partial charge in [-0.05, 0) is 25.5 Å². The van der Waals surface area contributed by atoms with E-state index >= 15 is 0 Å². The van der Waals surface area contributed by atoms with Crippen molar-refractivity contribution < 1.29 is 19.8 Å². The Labute approximate surface area is 139 Å². The van der Waals surface area contributed by atoms with E-state index in [0.717, 1.165) is 0 Å². The first-order valence-electron chi connectivity index (χ1n) is 7.70. The number of carboxylic acid groups (broad SMARTS) is 2. The topological polar surface area (TPSA) is 161 Å². The van der Waals surface area contributed by atoms with Gasteiger partial charge >= 0.3 is 11.9 Å². The zero-order chi connectivity index (χ0) is 17.9. The van der Waals surface area contributed by atoms with E-state index in [2.05, 4.69) is 25.9 Å². The van der Waals surface area contributed by atoms with Crippen molar-refractivity contribution in [1.29, 1.82) is 0 Å². The zero-order valence-corrected chi connectivity index (χ0v) is 13.6. The van der Waals surface area contributed by atoms with Crippen LogP contribution >= 0.6 is 0 Å². The summed E-state index contributed by atoms with van der Waals surface area (Å²) in [5.74, 6) is -1.11. The zero-order valence-electron chi connectivity index (χ0n) is 13.6. The lowest BCUT2D eigenvalue weighted by molar-refractivity contribution is -0.136. The fourth-order valence-corrected chi connectivity index (χ4v) is 1.94. The van der Waals surface area contributed by atoms with Crippen molar-refractivity contribution in [3.8, 4) is 0 Å². The summed E-state index contributed by atoms with van der Waals surface area (Å²) in [7, 11) is 0. The van der Waals surface area contributed by atoms with Crippen LogP contribution in [0.4, 0.5) is 0 Å². The number of carbonyl (C=O) groups is 2. The van der Waals surface area contributed by atoms with Crippen LogP contribution in [0.1, 0.15) is 19.8 Å². The molecule has 10 nitrogen and oxygen atoms in total. The molecule has 0 aromatic rings. The summed E-state index contributed by atoms with van der Waals surface area (Å²) in [6.07, 6.45) is 3.09. The summed E-state index contributed by atoms with van der Waals surface area (Å²) in [4.78, 5) is 30.1. The first-order valence-corrected chi connectivity index (χ1v) is 7.70. The van der Waals surface area contributed by atoms with Crippen LogP contribution in [0.5, 0.6) is 0 Å². The van der Waals surface area contributed by atoms with Gasteiger partial charge in [0.1, 0.15) is 24.7 Å². The predicted molar refractivity (Wildman–Crippen MR) is 89.7 cm³/mol. The number of aliphatic imine (C=N–C) groups is 2. The number of guanidine groups is 1. The molecule has 0 unspecified atom stereocenters. The number of amidine groups is 1. The van der Waals surface area contributed by atoms with Crippen molar-refractivity contribution in [1.82, 2.24) is 16.0 Å². The Morgan fingerprint density at radius 2 is 1.83 bits per heavy atom. The Morgan fingerprint density at radius 1 is 1.17 bits per heavy atom. The molecule has 0 aliphatic carbocycles. The van der Waals surface area contributed by atoms with Crippen LogP contribution in [0.3, 0.4) is 0 Å². The fourth-order valence-electron chi connectivity index (χ4n) is 1.94. The third kappa shape index (κ3) is 7.09. The molecule has 1 rings (SSSR count). The van der Waals surface area contributed by atoms with Crippen LogP contribution in [0, 0.1) is 5.92 Å². The van der Waals surface area contributed by atoms with Gasteiger partial charge in [-0.3, -0.25) is 9.59 Å². The molecular weight excluding hydrogens is 316 g/mol. The fraction of sp³-hybridized carbons (Fsp3) is 0.571. The Bertz CT molecular complexity index is 543. The van der Waals surface area contributed by atoms with E-state index in [-0.39, 0.29) is 25.0 Å². The smallest absolute Gasteiger partial charge is 0.322 e. The number of rotatable bonds is 9. The van der Waals surface area contributed by atoms with Gasteiger partial charge in [-0.1, -0.05) is 6.92 Å². The van der Waals surface area contributed by atoms with Crippen LogP contribution in [0.15, 0.2) is 21.9 Å². The van der Waals surface area contributed by atoms with E-state index in [1.54, 1.807) is 6.08 Å². The van der Waals surface area contributed by atoms with Crippen LogP contribution < -0.4 is 21.7 Å². The van der Waals surface area contributed by atoms with Gasteiger partial charge in [0, 0.05) is 12.5 Å². The van der Waals surface area contributed by atoms with Crippen molar-refractivity contribution >= 4 is 23.7 Å². The number of nitrogens with one attached hydrogen (secondary N) is 3. The van der Waals surface area contributed by atoms with Gasteiger partial charge in [0.05, 0.1) is 0 Å². The third-order valence-electron chi connectivity index (χ3n) is 3.11. The van der Waals surface area contributed by atoms with Crippen LogP contribution in [0.25, 0.3) is 0 Å². The summed E-state index contributed by atoms with van der Waals surface area (Å²) in [6, 6.07) is 0. The largest absolute Gasteiger partial charge is 0.480 e. The summed E-state index contributed by atoms with van der Waals surface area (Å²) in [6.45, 7) is 2.43. The van der Waals surface area contributed by atoms with Crippen molar-refractivity contribution in [3.63, 3.8) is 0 Å². The summed E-state index contributed by atoms with van der Waals surface area (Å²) < 4.78 is 0. The maximum atomic E-state index is 10.8. The quantitative estimate of drug-likeness (QED) is 0.288. The van der Waals surface area contributed by atoms with Gasteiger partial charge in [-0.15, -0.1) is 0 Å². The molecular formula is C14H24N6O4. The molecule has 0 fully saturated rings. The second-order valence-electron chi connectivity index (χ2n) is 5.06. The molecule has 0 bridgehead atoms. The molecule has 10 heteroatoms. The molecule has 1 aliphatic rings. The highest BCUT2D eigenvalue weighted by Gasteiger charge is 2.18. The molecule has 0 aromatic heterocycles.